The number of fused-ring (bicyclic) bond motifs is 1. The lowest BCUT2D eigenvalue weighted by molar-refractivity contribution is 0.102. The second-order valence-corrected chi connectivity index (χ2v) is 7.79. The number of benzene rings is 1. The molecule has 1 aliphatic heterocycles. The number of pyridine rings is 1. The van der Waals surface area contributed by atoms with Crippen LogP contribution in [-0.2, 0) is 15.4 Å². The van der Waals surface area contributed by atoms with Crippen molar-refractivity contribution in [2.24, 2.45) is 0 Å². The van der Waals surface area contributed by atoms with Crippen LogP contribution in [0.2, 0.25) is 0 Å². The Kier molecular flexibility index (Phi) is 6.25. The van der Waals surface area contributed by atoms with Crippen molar-refractivity contribution in [2.75, 3.05) is 38.9 Å². The largest absolute Gasteiger partial charge is 0.494 e. The lowest BCUT2D eigenvalue weighted by atomic mass is 10.0. The summed E-state index contributed by atoms with van der Waals surface area (Å²) in [6, 6.07) is 7.22. The van der Waals surface area contributed by atoms with Gasteiger partial charge in [0.1, 0.15) is 11.3 Å². The number of ether oxygens (including phenoxy) is 3. The molecule has 0 saturated carbocycles. The first-order valence-electron chi connectivity index (χ1n) is 9.14. The van der Waals surface area contributed by atoms with Crippen molar-refractivity contribution in [2.45, 2.75) is 11.8 Å². The molecule has 3 heterocycles. The van der Waals surface area contributed by atoms with Crippen LogP contribution in [0, 0.1) is 0 Å². The molecule has 1 aliphatic rings. The fraction of sp³-hybridized carbons (Fsp3) is 0.350. The summed E-state index contributed by atoms with van der Waals surface area (Å²) >= 11 is 7.23. The Morgan fingerprint density at radius 2 is 2.10 bits per heavy atom. The Labute approximate surface area is 177 Å². The third kappa shape index (κ3) is 4.35. The third-order valence-electron chi connectivity index (χ3n) is 4.64. The second kappa shape index (κ2) is 9.04. The molecule has 29 heavy (non-hydrogen) atoms. The van der Waals surface area contributed by atoms with Gasteiger partial charge in [-0.1, -0.05) is 17.4 Å². The van der Waals surface area contributed by atoms with Crippen molar-refractivity contribution >= 4 is 44.2 Å². The summed E-state index contributed by atoms with van der Waals surface area (Å²) in [7, 11) is 1.61. The van der Waals surface area contributed by atoms with E-state index >= 15 is 0 Å². The molecule has 1 aromatic carbocycles. The fourth-order valence-corrected chi connectivity index (χ4v) is 4.42. The molecule has 0 aliphatic carbocycles. The zero-order valence-corrected chi connectivity index (χ0v) is 17.4. The Morgan fingerprint density at radius 1 is 1.31 bits per heavy atom. The molecule has 0 atom stereocenters. The highest BCUT2D eigenvalue weighted by Crippen LogP contribution is 2.38. The van der Waals surface area contributed by atoms with E-state index in [1.165, 1.54) is 11.3 Å². The lowest BCUT2D eigenvalue weighted by Crippen LogP contribution is -2.12. The standard InChI is InChI=1S/C20H20ClN3O4S/c1-26-16-3-2-15(13-10-27-6-7-28-11-13)18-17(16)23-20(29-18)24-19(25)12-4-5-22-14(8-12)9-21/h2-5,8,13H,6-7,9-11H2,1H3,(H,23,24,25). The van der Waals surface area contributed by atoms with Gasteiger partial charge >= 0.3 is 0 Å². The summed E-state index contributed by atoms with van der Waals surface area (Å²) in [6.07, 6.45) is 1.57. The first-order chi connectivity index (χ1) is 14.2. The average molecular weight is 434 g/mol. The SMILES string of the molecule is COc1ccc(C2COCCOC2)c2sc(NC(=O)c3ccnc(CCl)c3)nc12. The number of nitrogens with one attached hydrogen (secondary N) is 1. The van der Waals surface area contributed by atoms with E-state index in [0.29, 0.717) is 54.1 Å². The number of halogens is 1. The number of alkyl halides is 1. The highest BCUT2D eigenvalue weighted by Gasteiger charge is 2.22. The summed E-state index contributed by atoms with van der Waals surface area (Å²) in [4.78, 5) is 21.4. The fourth-order valence-electron chi connectivity index (χ4n) is 3.20. The zero-order valence-electron chi connectivity index (χ0n) is 15.8. The summed E-state index contributed by atoms with van der Waals surface area (Å²) in [6.45, 7) is 2.35. The van der Waals surface area contributed by atoms with Crippen LogP contribution in [0.1, 0.15) is 27.5 Å². The average Bonchev–Trinajstić information content (AvgIpc) is 2.98. The number of carbonyl (C=O) groups is 1. The number of anilines is 1. The van der Waals surface area contributed by atoms with E-state index in [2.05, 4.69) is 15.3 Å². The number of amides is 1. The molecule has 2 aromatic heterocycles. The third-order valence-corrected chi connectivity index (χ3v) is 5.94. The smallest absolute Gasteiger partial charge is 0.257 e. The van der Waals surface area contributed by atoms with Gasteiger partial charge in [-0.15, -0.1) is 11.6 Å². The summed E-state index contributed by atoms with van der Waals surface area (Å²) in [5.41, 5.74) is 2.91. The maximum Gasteiger partial charge on any atom is 0.257 e. The van der Waals surface area contributed by atoms with Gasteiger partial charge in [0, 0.05) is 17.7 Å². The highest BCUT2D eigenvalue weighted by atomic mass is 35.5. The molecule has 0 unspecified atom stereocenters. The van der Waals surface area contributed by atoms with Gasteiger partial charge in [-0.05, 0) is 23.8 Å². The molecule has 1 amide bonds. The van der Waals surface area contributed by atoms with E-state index in [1.807, 2.05) is 12.1 Å². The molecule has 0 radical (unpaired) electrons. The van der Waals surface area contributed by atoms with Crippen molar-refractivity contribution in [1.82, 2.24) is 9.97 Å². The van der Waals surface area contributed by atoms with E-state index in [0.717, 1.165) is 10.3 Å². The highest BCUT2D eigenvalue weighted by molar-refractivity contribution is 7.22. The van der Waals surface area contributed by atoms with Gasteiger partial charge in [0.2, 0.25) is 0 Å². The minimum Gasteiger partial charge on any atom is -0.494 e. The Hall–Kier alpha value is -2.26. The van der Waals surface area contributed by atoms with E-state index in [1.54, 1.807) is 25.4 Å². The minimum absolute atomic E-state index is 0.0985. The predicted molar refractivity (Wildman–Crippen MR) is 112 cm³/mol. The molecule has 7 nitrogen and oxygen atoms in total. The van der Waals surface area contributed by atoms with E-state index < -0.39 is 0 Å². The van der Waals surface area contributed by atoms with Crippen molar-refractivity contribution in [3.05, 3.63) is 47.3 Å². The zero-order chi connectivity index (χ0) is 20.2. The number of rotatable bonds is 5. The normalized spacial score (nSPS) is 15.2. The molecule has 9 heteroatoms. The van der Waals surface area contributed by atoms with Gasteiger partial charge in [0.25, 0.3) is 5.91 Å². The summed E-state index contributed by atoms with van der Waals surface area (Å²) in [5.74, 6) is 0.735. The Morgan fingerprint density at radius 3 is 2.83 bits per heavy atom. The van der Waals surface area contributed by atoms with E-state index in [4.69, 9.17) is 25.8 Å². The van der Waals surface area contributed by atoms with E-state index in [-0.39, 0.29) is 17.7 Å². The molecule has 0 bridgehead atoms. The molecule has 3 aromatic rings. The van der Waals surface area contributed by atoms with Gasteiger partial charge in [0.05, 0.1) is 49.8 Å². The number of hydrogen-bond donors (Lipinski definition) is 1. The number of hydrogen-bond acceptors (Lipinski definition) is 7. The van der Waals surface area contributed by atoms with Gasteiger partial charge in [-0.3, -0.25) is 15.1 Å². The van der Waals surface area contributed by atoms with Crippen LogP contribution in [0.25, 0.3) is 10.2 Å². The monoisotopic (exact) mass is 433 g/mol. The summed E-state index contributed by atoms with van der Waals surface area (Å²) < 4.78 is 17.7. The Balaban J connectivity index is 1.66. The number of nitrogens with zero attached hydrogens (tertiary/aromatic N) is 2. The van der Waals surface area contributed by atoms with Crippen molar-refractivity contribution in [1.29, 1.82) is 0 Å². The van der Waals surface area contributed by atoms with Crippen molar-refractivity contribution in [3.63, 3.8) is 0 Å². The van der Waals surface area contributed by atoms with Crippen LogP contribution in [-0.4, -0.2) is 49.4 Å². The number of carbonyl (C=O) groups excluding carboxylic acids is 1. The first-order valence-corrected chi connectivity index (χ1v) is 10.5. The quantitative estimate of drug-likeness (QED) is 0.616. The van der Waals surface area contributed by atoms with Crippen LogP contribution < -0.4 is 10.1 Å². The molecule has 1 saturated heterocycles. The Bertz CT molecular complexity index is 1020. The molecule has 0 spiro atoms. The molecule has 4 rings (SSSR count). The van der Waals surface area contributed by atoms with Gasteiger partial charge in [-0.2, -0.15) is 0 Å². The molecule has 1 N–H and O–H groups in total. The lowest BCUT2D eigenvalue weighted by Gasteiger charge is -2.15. The first kappa shape index (κ1) is 20.0. The van der Waals surface area contributed by atoms with Crippen molar-refractivity contribution < 1.29 is 19.0 Å². The van der Waals surface area contributed by atoms with Gasteiger partial charge in [-0.25, -0.2) is 4.98 Å². The van der Waals surface area contributed by atoms with Gasteiger partial charge in [0.15, 0.2) is 5.13 Å². The molecular formula is C20H20ClN3O4S. The molecular weight excluding hydrogens is 414 g/mol. The second-order valence-electron chi connectivity index (χ2n) is 6.52. The van der Waals surface area contributed by atoms with Crippen molar-refractivity contribution in [3.8, 4) is 5.75 Å². The van der Waals surface area contributed by atoms with E-state index in [9.17, 15) is 4.79 Å². The van der Waals surface area contributed by atoms with Crippen LogP contribution in [0.15, 0.2) is 30.5 Å². The predicted octanol–water partition coefficient (Wildman–Crippen LogP) is 3.82. The van der Waals surface area contributed by atoms with Gasteiger partial charge < -0.3 is 14.2 Å². The maximum absolute atomic E-state index is 12.7. The molecule has 152 valence electrons. The summed E-state index contributed by atoms with van der Waals surface area (Å²) in [5, 5.41) is 3.37. The number of methoxy groups -OCH3 is 1. The minimum atomic E-state index is -0.264. The molecule has 1 fully saturated rings. The number of thiazole rings is 1. The van der Waals surface area contributed by atoms with Crippen LogP contribution in [0.5, 0.6) is 5.75 Å². The van der Waals surface area contributed by atoms with Crippen LogP contribution in [0.4, 0.5) is 5.13 Å². The van der Waals surface area contributed by atoms with Crippen LogP contribution >= 0.6 is 22.9 Å². The number of aromatic nitrogens is 2. The topological polar surface area (TPSA) is 82.6 Å². The van der Waals surface area contributed by atoms with Crippen LogP contribution in [0.3, 0.4) is 0 Å². The maximum atomic E-state index is 12.7.